The normalized spacial score (nSPS) is 21.7. The summed E-state index contributed by atoms with van der Waals surface area (Å²) in [6, 6.07) is 20.1. The molecule has 2 aromatic heterocycles. The highest BCUT2D eigenvalue weighted by Gasteiger charge is 2.48. The van der Waals surface area contributed by atoms with Crippen LogP contribution in [0.5, 0.6) is 0 Å². The molecule has 9 heteroatoms. The van der Waals surface area contributed by atoms with E-state index in [-0.39, 0.29) is 6.61 Å². The molecule has 1 saturated heterocycles. The number of aromatic nitrogens is 2. The molecule has 1 aliphatic rings. The van der Waals surface area contributed by atoms with Gasteiger partial charge in [-0.05, 0) is 12.1 Å². The Morgan fingerprint density at radius 1 is 0.763 bits per heavy atom. The van der Waals surface area contributed by atoms with E-state index in [4.69, 9.17) is 18.9 Å². The Kier molecular flexibility index (Phi) is 5.80. The maximum absolute atomic E-state index is 12.3. The number of H-pyrrole nitrogens is 1. The third-order valence-electron chi connectivity index (χ3n) is 6.93. The van der Waals surface area contributed by atoms with Crippen LogP contribution in [0.25, 0.3) is 43.6 Å². The second-order valence-electron chi connectivity index (χ2n) is 9.46. The van der Waals surface area contributed by atoms with Crippen molar-refractivity contribution in [1.29, 1.82) is 0 Å². The summed E-state index contributed by atoms with van der Waals surface area (Å²) in [6.07, 6.45) is -3.99. The minimum atomic E-state index is -1.09. The number of nitrogens with zero attached hydrogens (tertiary/aromatic N) is 1. The first-order chi connectivity index (χ1) is 18.3. The number of hydrogen-bond acceptors (Lipinski definition) is 7. The molecule has 4 unspecified atom stereocenters. The summed E-state index contributed by atoms with van der Waals surface area (Å²) >= 11 is 0. The topological polar surface area (TPSA) is 109 Å². The van der Waals surface area contributed by atoms with Crippen LogP contribution < -0.4 is 0 Å². The molecular weight excluding hydrogens is 488 g/mol. The molecule has 1 aliphatic heterocycles. The van der Waals surface area contributed by atoms with Crippen molar-refractivity contribution < 1.29 is 33.3 Å². The van der Waals surface area contributed by atoms with Gasteiger partial charge in [-0.3, -0.25) is 14.4 Å². The lowest BCUT2D eigenvalue weighted by atomic mass is 10.0. The van der Waals surface area contributed by atoms with E-state index in [1.54, 1.807) is 0 Å². The van der Waals surface area contributed by atoms with E-state index in [0.717, 1.165) is 43.6 Å². The fourth-order valence-electron chi connectivity index (χ4n) is 5.61. The molecule has 6 rings (SSSR count). The summed E-state index contributed by atoms with van der Waals surface area (Å²) in [5.41, 5.74) is 3.59. The number of carbonyl (C=O) groups excluding carboxylic acids is 3. The highest BCUT2D eigenvalue weighted by atomic mass is 16.6. The van der Waals surface area contributed by atoms with Gasteiger partial charge in [0, 0.05) is 47.8 Å². The minimum Gasteiger partial charge on any atom is -0.456 e. The number of benzene rings is 3. The van der Waals surface area contributed by atoms with Crippen molar-refractivity contribution in [3.63, 3.8) is 0 Å². The molecule has 1 fully saturated rings. The largest absolute Gasteiger partial charge is 0.456 e. The van der Waals surface area contributed by atoms with Crippen LogP contribution in [0.4, 0.5) is 0 Å². The van der Waals surface area contributed by atoms with Crippen LogP contribution in [-0.4, -0.2) is 52.4 Å². The quantitative estimate of drug-likeness (QED) is 0.272. The maximum atomic E-state index is 12.3. The number of para-hydroxylation sites is 2. The summed E-state index contributed by atoms with van der Waals surface area (Å²) in [6.45, 7) is 3.74. The molecule has 3 aromatic carbocycles. The third-order valence-corrected chi connectivity index (χ3v) is 6.93. The predicted octanol–water partition coefficient (Wildman–Crippen LogP) is 4.75. The Morgan fingerprint density at radius 2 is 1.39 bits per heavy atom. The van der Waals surface area contributed by atoms with Crippen molar-refractivity contribution in [2.75, 3.05) is 6.61 Å². The number of rotatable bonds is 4. The van der Waals surface area contributed by atoms with Crippen molar-refractivity contribution in [2.24, 2.45) is 0 Å². The van der Waals surface area contributed by atoms with Gasteiger partial charge in [0.25, 0.3) is 0 Å². The highest BCUT2D eigenvalue weighted by Crippen LogP contribution is 2.42. The molecule has 1 N–H and O–H groups in total. The summed E-state index contributed by atoms with van der Waals surface area (Å²) in [5.74, 6) is -1.74. The van der Waals surface area contributed by atoms with Gasteiger partial charge in [0.1, 0.15) is 0 Å². The molecular formula is C29H26N2O7. The van der Waals surface area contributed by atoms with Gasteiger partial charge in [-0.1, -0.05) is 48.5 Å². The average Bonchev–Trinajstić information content (AvgIpc) is 3.41. The smallest absolute Gasteiger partial charge is 0.303 e. The summed E-state index contributed by atoms with van der Waals surface area (Å²) < 4.78 is 25.1. The predicted molar refractivity (Wildman–Crippen MR) is 140 cm³/mol. The molecule has 0 aliphatic carbocycles. The molecule has 0 saturated carbocycles. The van der Waals surface area contributed by atoms with Crippen LogP contribution in [0.1, 0.15) is 27.0 Å². The third kappa shape index (κ3) is 3.86. The van der Waals surface area contributed by atoms with E-state index in [0.29, 0.717) is 0 Å². The zero-order valence-corrected chi connectivity index (χ0v) is 21.1. The van der Waals surface area contributed by atoms with Gasteiger partial charge in [0.05, 0.1) is 23.2 Å². The Morgan fingerprint density at radius 3 is 2.13 bits per heavy atom. The number of aromatic amines is 1. The van der Waals surface area contributed by atoms with E-state index in [1.807, 2.05) is 47.0 Å². The first-order valence-electron chi connectivity index (χ1n) is 12.4. The lowest BCUT2D eigenvalue weighted by Gasteiger charge is -2.41. The van der Waals surface area contributed by atoms with Gasteiger partial charge in [-0.2, -0.15) is 0 Å². The Hall–Kier alpha value is -4.37. The maximum Gasteiger partial charge on any atom is 0.303 e. The fourth-order valence-corrected chi connectivity index (χ4v) is 5.61. The van der Waals surface area contributed by atoms with Crippen LogP contribution in [0.2, 0.25) is 0 Å². The van der Waals surface area contributed by atoms with Gasteiger partial charge in [0.2, 0.25) is 0 Å². The summed E-state index contributed by atoms with van der Waals surface area (Å²) in [4.78, 5) is 39.8. The fraction of sp³-hybridized carbons (Fsp3) is 0.276. The molecule has 194 valence electrons. The van der Waals surface area contributed by atoms with Gasteiger partial charge in [-0.15, -0.1) is 0 Å². The molecule has 0 bridgehead atoms. The van der Waals surface area contributed by atoms with E-state index in [9.17, 15) is 14.4 Å². The Bertz CT molecular complexity index is 1730. The number of carbonyl (C=O) groups is 3. The van der Waals surface area contributed by atoms with Crippen molar-refractivity contribution in [3.8, 4) is 0 Å². The van der Waals surface area contributed by atoms with Crippen LogP contribution in [0, 0.1) is 0 Å². The van der Waals surface area contributed by atoms with Gasteiger partial charge < -0.3 is 28.5 Å². The average molecular weight is 515 g/mol. The highest BCUT2D eigenvalue weighted by molar-refractivity contribution is 6.22. The number of esters is 3. The SMILES string of the molecule is CC(=O)OC1COC(n2c3ccccc3c3ccc4c5ccccc5[nH]c4c32)C(OC(C)=O)C1OC(C)=O. The van der Waals surface area contributed by atoms with E-state index in [2.05, 4.69) is 23.2 Å². The molecule has 4 atom stereocenters. The number of ether oxygens (including phenoxy) is 4. The second kappa shape index (κ2) is 9.18. The Labute approximate surface area is 217 Å². The summed E-state index contributed by atoms with van der Waals surface area (Å²) in [5, 5.41) is 4.08. The number of nitrogens with one attached hydrogen (secondary N) is 1. The van der Waals surface area contributed by atoms with Gasteiger partial charge in [-0.25, -0.2) is 0 Å². The lowest BCUT2D eigenvalue weighted by Crippen LogP contribution is -2.55. The molecule has 9 nitrogen and oxygen atoms in total. The standard InChI is InChI=1S/C29H26N2O7/c1-15(32)36-24-14-35-29(28(38-17(3)34)27(24)37-16(2)33)31-23-11-7-5-9-19(23)21-13-12-20-18-8-4-6-10-22(18)30-25(20)26(21)31/h4-13,24,27-30H,14H2,1-3H3. The van der Waals surface area contributed by atoms with Crippen molar-refractivity contribution in [1.82, 2.24) is 9.55 Å². The minimum absolute atomic E-state index is 0.0589. The molecule has 0 spiro atoms. The molecule has 5 aromatic rings. The van der Waals surface area contributed by atoms with E-state index < -0.39 is 42.4 Å². The first kappa shape index (κ1) is 24.0. The molecule has 3 heterocycles. The molecule has 0 radical (unpaired) electrons. The van der Waals surface area contributed by atoms with Crippen molar-refractivity contribution >= 4 is 61.5 Å². The van der Waals surface area contributed by atoms with Crippen LogP contribution in [-0.2, 0) is 33.3 Å². The summed E-state index contributed by atoms with van der Waals surface area (Å²) in [7, 11) is 0. The zero-order chi connectivity index (χ0) is 26.6. The first-order valence-corrected chi connectivity index (χ1v) is 12.4. The second-order valence-corrected chi connectivity index (χ2v) is 9.46. The molecule has 0 amide bonds. The van der Waals surface area contributed by atoms with E-state index in [1.165, 1.54) is 20.8 Å². The zero-order valence-electron chi connectivity index (χ0n) is 21.1. The van der Waals surface area contributed by atoms with Crippen LogP contribution in [0.3, 0.4) is 0 Å². The molecule has 38 heavy (non-hydrogen) atoms. The van der Waals surface area contributed by atoms with Crippen LogP contribution in [0.15, 0.2) is 60.7 Å². The van der Waals surface area contributed by atoms with Gasteiger partial charge in [0.15, 0.2) is 24.5 Å². The lowest BCUT2D eigenvalue weighted by molar-refractivity contribution is -0.238. The van der Waals surface area contributed by atoms with Crippen molar-refractivity contribution in [2.45, 2.75) is 45.3 Å². The number of hydrogen-bond donors (Lipinski definition) is 1. The van der Waals surface area contributed by atoms with Crippen LogP contribution >= 0.6 is 0 Å². The monoisotopic (exact) mass is 514 g/mol. The van der Waals surface area contributed by atoms with Crippen molar-refractivity contribution in [3.05, 3.63) is 60.7 Å². The Balaban J connectivity index is 1.63. The van der Waals surface area contributed by atoms with E-state index >= 15 is 0 Å². The number of fused-ring (bicyclic) bond motifs is 7. The van der Waals surface area contributed by atoms with Gasteiger partial charge >= 0.3 is 17.9 Å².